The van der Waals surface area contributed by atoms with Crippen molar-refractivity contribution in [2.75, 3.05) is 18.5 Å². The first-order chi connectivity index (χ1) is 13.3. The Bertz CT molecular complexity index is 992. The first kappa shape index (κ1) is 19.7. The molecule has 2 N–H and O–H groups in total. The molecule has 1 saturated heterocycles. The topological polar surface area (TPSA) is 105 Å². The first-order valence-electron chi connectivity index (χ1n) is 8.75. The summed E-state index contributed by atoms with van der Waals surface area (Å²) >= 11 is 0. The van der Waals surface area contributed by atoms with Gasteiger partial charge in [0.05, 0.1) is 24.1 Å². The Kier molecular flexibility index (Phi) is 5.55. The summed E-state index contributed by atoms with van der Waals surface area (Å²) in [5.41, 5.74) is 1.80. The number of nitrogens with zero attached hydrogens (tertiary/aromatic N) is 1. The number of ether oxygens (including phenoxy) is 1. The fraction of sp³-hybridized carbons (Fsp3) is 0.263. The summed E-state index contributed by atoms with van der Waals surface area (Å²) in [6.07, 6.45) is -0.620. The summed E-state index contributed by atoms with van der Waals surface area (Å²) in [4.78, 5) is 23.8. The molecular formula is C19H21N3O5S. The average molecular weight is 403 g/mol. The second-order valence-corrected chi connectivity index (χ2v) is 8.13. The normalized spacial score (nSPS) is 16.6. The highest BCUT2D eigenvalue weighted by atomic mass is 32.2. The molecule has 0 spiro atoms. The molecule has 1 atom stereocenters. The third-order valence-electron chi connectivity index (χ3n) is 4.37. The van der Waals surface area contributed by atoms with Gasteiger partial charge >= 0.3 is 12.1 Å². The van der Waals surface area contributed by atoms with Crippen molar-refractivity contribution in [3.8, 4) is 0 Å². The minimum atomic E-state index is -4.03. The number of hydrogen-bond acceptors (Lipinski definition) is 5. The van der Waals surface area contributed by atoms with Gasteiger partial charge in [-0.3, -0.25) is 5.32 Å². The number of sulfonamides is 1. The molecule has 9 heteroatoms. The van der Waals surface area contributed by atoms with E-state index in [2.05, 4.69) is 10.6 Å². The molecule has 0 aromatic heterocycles. The molecule has 2 aromatic carbocycles. The van der Waals surface area contributed by atoms with Crippen LogP contribution in [0.2, 0.25) is 0 Å². The SMILES string of the molecule is CCOC(=O)Nc1ccc(S(=O)(=O)N2C[C@H](c3ccccc3)NC2=O)cc1C. The molecule has 1 aliphatic rings. The van der Waals surface area contributed by atoms with Gasteiger partial charge in [-0.05, 0) is 43.2 Å². The van der Waals surface area contributed by atoms with Crippen molar-refractivity contribution in [1.82, 2.24) is 9.62 Å². The zero-order valence-electron chi connectivity index (χ0n) is 15.5. The van der Waals surface area contributed by atoms with Crippen LogP contribution < -0.4 is 10.6 Å². The van der Waals surface area contributed by atoms with Crippen molar-refractivity contribution in [1.29, 1.82) is 0 Å². The molecule has 0 aliphatic carbocycles. The monoisotopic (exact) mass is 403 g/mol. The average Bonchev–Trinajstić information content (AvgIpc) is 3.07. The van der Waals surface area contributed by atoms with Gasteiger partial charge in [0, 0.05) is 5.69 Å². The number of aryl methyl sites for hydroxylation is 1. The summed E-state index contributed by atoms with van der Waals surface area (Å²) in [7, 11) is -4.03. The molecule has 0 saturated carbocycles. The van der Waals surface area contributed by atoms with Gasteiger partial charge in [0.1, 0.15) is 0 Å². The number of benzene rings is 2. The number of rotatable bonds is 5. The maximum atomic E-state index is 13.0. The minimum Gasteiger partial charge on any atom is -0.450 e. The van der Waals surface area contributed by atoms with E-state index in [9.17, 15) is 18.0 Å². The van der Waals surface area contributed by atoms with Gasteiger partial charge < -0.3 is 10.1 Å². The van der Waals surface area contributed by atoms with E-state index in [0.29, 0.717) is 11.3 Å². The summed E-state index contributed by atoms with van der Waals surface area (Å²) in [6.45, 7) is 3.58. The fourth-order valence-electron chi connectivity index (χ4n) is 2.94. The van der Waals surface area contributed by atoms with Crippen LogP contribution in [0.4, 0.5) is 15.3 Å². The van der Waals surface area contributed by atoms with Crippen molar-refractivity contribution >= 4 is 27.8 Å². The lowest BCUT2D eigenvalue weighted by Gasteiger charge is -2.17. The Morgan fingerprint density at radius 2 is 1.96 bits per heavy atom. The molecule has 1 fully saturated rings. The largest absolute Gasteiger partial charge is 0.450 e. The lowest BCUT2D eigenvalue weighted by atomic mass is 10.1. The van der Waals surface area contributed by atoms with Crippen molar-refractivity contribution in [3.05, 3.63) is 59.7 Å². The molecule has 0 unspecified atom stereocenters. The number of nitrogens with one attached hydrogen (secondary N) is 2. The van der Waals surface area contributed by atoms with Gasteiger partial charge in [-0.1, -0.05) is 30.3 Å². The highest BCUT2D eigenvalue weighted by molar-refractivity contribution is 7.89. The van der Waals surface area contributed by atoms with Crippen LogP contribution in [0, 0.1) is 6.92 Å². The van der Waals surface area contributed by atoms with Crippen molar-refractivity contribution in [2.45, 2.75) is 24.8 Å². The zero-order chi connectivity index (χ0) is 20.3. The molecule has 28 heavy (non-hydrogen) atoms. The third-order valence-corrected chi connectivity index (χ3v) is 6.12. The second kappa shape index (κ2) is 7.89. The Morgan fingerprint density at radius 1 is 1.25 bits per heavy atom. The van der Waals surface area contributed by atoms with Crippen LogP contribution in [0.1, 0.15) is 24.1 Å². The van der Waals surface area contributed by atoms with Gasteiger partial charge in [0.25, 0.3) is 10.0 Å². The standard InChI is InChI=1S/C19H21N3O5S/c1-3-27-19(24)21-16-10-9-15(11-13(16)2)28(25,26)22-12-17(20-18(22)23)14-7-5-4-6-8-14/h4-11,17H,3,12H2,1-2H3,(H,20,23)(H,21,24)/t17-/m1/s1. The van der Waals surface area contributed by atoms with Gasteiger partial charge in [-0.2, -0.15) is 0 Å². The molecule has 3 amide bonds. The molecule has 1 heterocycles. The van der Waals surface area contributed by atoms with E-state index in [4.69, 9.17) is 4.74 Å². The van der Waals surface area contributed by atoms with E-state index >= 15 is 0 Å². The Balaban J connectivity index is 1.82. The maximum Gasteiger partial charge on any atom is 0.411 e. The van der Waals surface area contributed by atoms with E-state index in [1.54, 1.807) is 13.8 Å². The Morgan fingerprint density at radius 3 is 2.61 bits per heavy atom. The van der Waals surface area contributed by atoms with Crippen LogP contribution in [0.25, 0.3) is 0 Å². The van der Waals surface area contributed by atoms with Gasteiger partial charge in [0.2, 0.25) is 0 Å². The molecule has 3 rings (SSSR count). The van der Waals surface area contributed by atoms with Crippen molar-refractivity contribution in [3.63, 3.8) is 0 Å². The molecular weight excluding hydrogens is 382 g/mol. The molecule has 0 bridgehead atoms. The number of anilines is 1. The lowest BCUT2D eigenvalue weighted by Crippen LogP contribution is -2.34. The molecule has 8 nitrogen and oxygen atoms in total. The van der Waals surface area contributed by atoms with Crippen molar-refractivity contribution < 1.29 is 22.7 Å². The highest BCUT2D eigenvalue weighted by Crippen LogP contribution is 2.28. The number of hydrogen-bond donors (Lipinski definition) is 2. The van der Waals surface area contributed by atoms with Crippen molar-refractivity contribution in [2.24, 2.45) is 0 Å². The van der Waals surface area contributed by atoms with E-state index in [-0.39, 0.29) is 18.0 Å². The number of carbonyl (C=O) groups excluding carboxylic acids is 2. The van der Waals surface area contributed by atoms with Crippen LogP contribution in [-0.4, -0.2) is 38.0 Å². The fourth-order valence-corrected chi connectivity index (χ4v) is 4.37. The maximum absolute atomic E-state index is 13.0. The van der Waals surface area contributed by atoms with Crippen LogP contribution in [0.3, 0.4) is 0 Å². The zero-order valence-corrected chi connectivity index (χ0v) is 16.3. The predicted molar refractivity (Wildman–Crippen MR) is 103 cm³/mol. The van der Waals surface area contributed by atoms with E-state index < -0.39 is 28.2 Å². The summed E-state index contributed by atoms with van der Waals surface area (Å²) < 4.78 is 31.6. The Hall–Kier alpha value is -3.07. The van der Waals surface area contributed by atoms with Crippen LogP contribution in [0.15, 0.2) is 53.4 Å². The lowest BCUT2D eigenvalue weighted by molar-refractivity contribution is 0.168. The predicted octanol–water partition coefficient (Wildman–Crippen LogP) is 3.02. The molecule has 1 aliphatic heterocycles. The quantitative estimate of drug-likeness (QED) is 0.798. The van der Waals surface area contributed by atoms with Crippen LogP contribution in [-0.2, 0) is 14.8 Å². The number of urea groups is 1. The minimum absolute atomic E-state index is 0.00700. The summed E-state index contributed by atoms with van der Waals surface area (Å²) in [5.74, 6) is 0. The summed E-state index contributed by atoms with van der Waals surface area (Å²) in [6, 6.07) is 12.4. The molecule has 0 radical (unpaired) electrons. The Labute approximate surface area is 163 Å². The van der Waals surface area contributed by atoms with Crippen LogP contribution >= 0.6 is 0 Å². The molecule has 148 valence electrons. The number of carbonyl (C=O) groups is 2. The second-order valence-electron chi connectivity index (χ2n) is 6.27. The van der Waals surface area contributed by atoms with E-state index in [0.717, 1.165) is 9.87 Å². The smallest absolute Gasteiger partial charge is 0.411 e. The van der Waals surface area contributed by atoms with Gasteiger partial charge in [0.15, 0.2) is 0 Å². The summed E-state index contributed by atoms with van der Waals surface area (Å²) in [5, 5.41) is 5.24. The first-order valence-corrected chi connectivity index (χ1v) is 10.2. The molecule has 2 aromatic rings. The van der Waals surface area contributed by atoms with Gasteiger partial charge in [-0.15, -0.1) is 0 Å². The van der Waals surface area contributed by atoms with Crippen LogP contribution in [0.5, 0.6) is 0 Å². The van der Waals surface area contributed by atoms with E-state index in [1.165, 1.54) is 18.2 Å². The highest BCUT2D eigenvalue weighted by Gasteiger charge is 2.38. The number of amides is 3. The van der Waals surface area contributed by atoms with E-state index in [1.807, 2.05) is 30.3 Å². The third kappa shape index (κ3) is 3.94. The van der Waals surface area contributed by atoms with Gasteiger partial charge in [-0.25, -0.2) is 22.3 Å².